The topological polar surface area (TPSA) is 65.5 Å². The lowest BCUT2D eigenvalue weighted by Crippen LogP contribution is -2.42. The molecule has 5 nitrogen and oxygen atoms in total. The van der Waals surface area contributed by atoms with Crippen LogP contribution >= 0.6 is 0 Å². The fraction of sp³-hybridized carbons (Fsp3) is 0.391. The number of nitrogens with one attached hydrogen (secondary N) is 3. The number of aryl methyl sites for hydroxylation is 1. The molecule has 0 radical (unpaired) electrons. The molecule has 1 unspecified atom stereocenters. The number of benzene rings is 2. The van der Waals surface area contributed by atoms with Crippen LogP contribution in [0.4, 0.5) is 0 Å². The van der Waals surface area contributed by atoms with Crippen LogP contribution in [0.1, 0.15) is 48.7 Å². The van der Waals surface area contributed by atoms with E-state index in [4.69, 9.17) is 0 Å². The normalized spacial score (nSPS) is 12.3. The van der Waals surface area contributed by atoms with Gasteiger partial charge in [0.2, 0.25) is 0 Å². The summed E-state index contributed by atoms with van der Waals surface area (Å²) in [5, 5.41) is 9.59. The van der Waals surface area contributed by atoms with E-state index < -0.39 is 0 Å². The molecule has 0 bridgehead atoms. The van der Waals surface area contributed by atoms with E-state index in [0.29, 0.717) is 24.7 Å². The van der Waals surface area contributed by atoms with E-state index in [9.17, 15) is 4.79 Å². The van der Waals surface area contributed by atoms with Gasteiger partial charge in [0.25, 0.3) is 5.91 Å². The Bertz CT molecular complexity index is 741. The van der Waals surface area contributed by atoms with Gasteiger partial charge in [0.05, 0.1) is 6.54 Å². The van der Waals surface area contributed by atoms with Crippen molar-refractivity contribution in [1.29, 1.82) is 0 Å². The number of nitrogens with zero attached hydrogens (tertiary/aromatic N) is 1. The zero-order chi connectivity index (χ0) is 20.2. The minimum absolute atomic E-state index is 0.0419. The Morgan fingerprint density at radius 3 is 2.25 bits per heavy atom. The largest absolute Gasteiger partial charge is 0.357 e. The number of aliphatic imine (C=N–C) groups is 1. The van der Waals surface area contributed by atoms with Crippen molar-refractivity contribution in [1.82, 2.24) is 16.0 Å². The quantitative estimate of drug-likeness (QED) is 0.461. The maximum Gasteiger partial charge on any atom is 0.251 e. The Kier molecular flexibility index (Phi) is 9.05. The molecule has 3 N–H and O–H groups in total. The second-order valence-corrected chi connectivity index (χ2v) is 6.82. The maximum absolute atomic E-state index is 11.8. The molecule has 0 fully saturated rings. The van der Waals surface area contributed by atoms with Gasteiger partial charge in [-0.05, 0) is 56.9 Å². The lowest BCUT2D eigenvalue weighted by Gasteiger charge is -2.18. The van der Waals surface area contributed by atoms with Crippen LogP contribution in [0.15, 0.2) is 59.6 Å². The molecular weight excluding hydrogens is 348 g/mol. The molecule has 2 rings (SSSR count). The fourth-order valence-corrected chi connectivity index (χ4v) is 2.85. The molecule has 1 atom stereocenters. The van der Waals surface area contributed by atoms with E-state index >= 15 is 0 Å². The van der Waals surface area contributed by atoms with E-state index in [1.165, 1.54) is 5.56 Å². The molecule has 2 aromatic rings. The number of carbonyl (C=O) groups is 1. The van der Waals surface area contributed by atoms with Crippen molar-refractivity contribution in [3.8, 4) is 0 Å². The third kappa shape index (κ3) is 7.43. The summed E-state index contributed by atoms with van der Waals surface area (Å²) in [6.07, 6.45) is 2.07. The monoisotopic (exact) mass is 380 g/mol. The SMILES string of the molecule is CCNC(=O)c1ccc(CN=C(NCC)NC(C)CCc2ccccc2)cc1. The molecule has 2 aromatic carbocycles. The van der Waals surface area contributed by atoms with Gasteiger partial charge >= 0.3 is 0 Å². The first-order valence-electron chi connectivity index (χ1n) is 10.1. The zero-order valence-electron chi connectivity index (χ0n) is 17.2. The lowest BCUT2D eigenvalue weighted by atomic mass is 10.1. The van der Waals surface area contributed by atoms with Gasteiger partial charge in [-0.2, -0.15) is 0 Å². The highest BCUT2D eigenvalue weighted by molar-refractivity contribution is 5.94. The predicted molar refractivity (Wildman–Crippen MR) is 117 cm³/mol. The summed E-state index contributed by atoms with van der Waals surface area (Å²) in [7, 11) is 0. The lowest BCUT2D eigenvalue weighted by molar-refractivity contribution is 0.0956. The van der Waals surface area contributed by atoms with Crippen molar-refractivity contribution in [2.45, 2.75) is 46.2 Å². The van der Waals surface area contributed by atoms with E-state index in [1.54, 1.807) is 0 Å². The Balaban J connectivity index is 1.89. The first kappa shape index (κ1) is 21.5. The molecule has 0 saturated heterocycles. The smallest absolute Gasteiger partial charge is 0.251 e. The summed E-state index contributed by atoms with van der Waals surface area (Å²) >= 11 is 0. The average molecular weight is 381 g/mol. The molecule has 5 heteroatoms. The maximum atomic E-state index is 11.8. The predicted octanol–water partition coefficient (Wildman–Crippen LogP) is 3.51. The molecule has 0 heterocycles. The van der Waals surface area contributed by atoms with Crippen molar-refractivity contribution in [2.75, 3.05) is 13.1 Å². The van der Waals surface area contributed by atoms with E-state index in [0.717, 1.165) is 30.9 Å². The second kappa shape index (κ2) is 11.8. The number of rotatable bonds is 9. The van der Waals surface area contributed by atoms with Gasteiger partial charge in [-0.1, -0.05) is 42.5 Å². The fourth-order valence-electron chi connectivity index (χ4n) is 2.85. The minimum Gasteiger partial charge on any atom is -0.357 e. The molecule has 150 valence electrons. The zero-order valence-corrected chi connectivity index (χ0v) is 17.2. The highest BCUT2D eigenvalue weighted by Crippen LogP contribution is 2.07. The highest BCUT2D eigenvalue weighted by atomic mass is 16.1. The third-order valence-electron chi connectivity index (χ3n) is 4.41. The van der Waals surface area contributed by atoms with Crippen LogP contribution < -0.4 is 16.0 Å². The number of hydrogen-bond donors (Lipinski definition) is 3. The van der Waals surface area contributed by atoms with Gasteiger partial charge < -0.3 is 16.0 Å². The van der Waals surface area contributed by atoms with Crippen molar-refractivity contribution in [2.24, 2.45) is 4.99 Å². The third-order valence-corrected chi connectivity index (χ3v) is 4.41. The Labute approximate surface area is 168 Å². The molecule has 1 amide bonds. The van der Waals surface area contributed by atoms with Gasteiger partial charge in [0, 0.05) is 24.7 Å². The minimum atomic E-state index is -0.0419. The molecule has 0 saturated carbocycles. The van der Waals surface area contributed by atoms with E-state index in [-0.39, 0.29) is 5.91 Å². The van der Waals surface area contributed by atoms with Gasteiger partial charge in [-0.25, -0.2) is 4.99 Å². The first-order valence-corrected chi connectivity index (χ1v) is 10.1. The van der Waals surface area contributed by atoms with E-state index in [1.807, 2.05) is 37.3 Å². The van der Waals surface area contributed by atoms with Crippen molar-refractivity contribution < 1.29 is 4.79 Å². The number of hydrogen-bond acceptors (Lipinski definition) is 2. The van der Waals surface area contributed by atoms with Crippen LogP contribution in [-0.4, -0.2) is 31.0 Å². The summed E-state index contributed by atoms with van der Waals surface area (Å²) < 4.78 is 0. The van der Waals surface area contributed by atoms with E-state index in [2.05, 4.69) is 59.1 Å². The van der Waals surface area contributed by atoms with Crippen molar-refractivity contribution in [3.05, 3.63) is 71.3 Å². The van der Waals surface area contributed by atoms with Crippen LogP contribution in [-0.2, 0) is 13.0 Å². The van der Waals surface area contributed by atoms with Crippen LogP contribution in [0.5, 0.6) is 0 Å². The summed E-state index contributed by atoms with van der Waals surface area (Å²) in [6.45, 7) is 8.16. The summed E-state index contributed by atoms with van der Waals surface area (Å²) in [6, 6.07) is 18.4. The molecular formula is C23H32N4O. The molecule has 0 aliphatic rings. The van der Waals surface area contributed by atoms with Crippen LogP contribution in [0, 0.1) is 0 Å². The van der Waals surface area contributed by atoms with Crippen LogP contribution in [0.3, 0.4) is 0 Å². The van der Waals surface area contributed by atoms with Gasteiger partial charge in [0.15, 0.2) is 5.96 Å². The molecule has 0 aromatic heterocycles. The van der Waals surface area contributed by atoms with Crippen LogP contribution in [0.25, 0.3) is 0 Å². The van der Waals surface area contributed by atoms with Gasteiger partial charge in [-0.15, -0.1) is 0 Å². The van der Waals surface area contributed by atoms with Crippen molar-refractivity contribution in [3.63, 3.8) is 0 Å². The Morgan fingerprint density at radius 2 is 1.61 bits per heavy atom. The summed E-state index contributed by atoms with van der Waals surface area (Å²) in [5.74, 6) is 0.774. The first-order chi connectivity index (χ1) is 13.6. The Morgan fingerprint density at radius 1 is 0.929 bits per heavy atom. The highest BCUT2D eigenvalue weighted by Gasteiger charge is 2.06. The molecule has 28 heavy (non-hydrogen) atoms. The van der Waals surface area contributed by atoms with Gasteiger partial charge in [0.1, 0.15) is 0 Å². The Hall–Kier alpha value is -2.82. The number of carbonyl (C=O) groups excluding carboxylic acids is 1. The molecule has 0 aliphatic heterocycles. The average Bonchev–Trinajstić information content (AvgIpc) is 2.72. The molecule has 0 spiro atoms. The van der Waals surface area contributed by atoms with Crippen molar-refractivity contribution >= 4 is 11.9 Å². The standard InChI is InChI=1S/C23H32N4O/c1-4-24-22(28)21-15-13-20(14-16-21)17-26-23(25-5-2)27-18(3)11-12-19-9-7-6-8-10-19/h6-10,13-16,18H,4-5,11-12,17H2,1-3H3,(H,24,28)(H2,25,26,27). The van der Waals surface area contributed by atoms with Crippen LogP contribution in [0.2, 0.25) is 0 Å². The summed E-state index contributed by atoms with van der Waals surface area (Å²) in [4.78, 5) is 16.5. The summed E-state index contributed by atoms with van der Waals surface area (Å²) in [5.41, 5.74) is 3.10. The number of amides is 1. The number of guanidine groups is 1. The molecule has 0 aliphatic carbocycles. The second-order valence-electron chi connectivity index (χ2n) is 6.82. The van der Waals surface area contributed by atoms with Gasteiger partial charge in [-0.3, -0.25) is 4.79 Å².